The zero-order valence-corrected chi connectivity index (χ0v) is 20.7. The Morgan fingerprint density at radius 2 is 1.66 bits per heavy atom. The van der Waals surface area contributed by atoms with Crippen molar-refractivity contribution in [3.63, 3.8) is 0 Å². The van der Waals surface area contributed by atoms with Crippen molar-refractivity contribution in [1.29, 1.82) is 0 Å². The molecule has 5 rings (SSSR count). The highest BCUT2D eigenvalue weighted by Gasteiger charge is 2.31. The maximum absolute atomic E-state index is 13.6. The molecule has 3 aromatic rings. The van der Waals surface area contributed by atoms with Crippen LogP contribution < -0.4 is 0 Å². The molecular weight excluding hydrogens is 441 g/mol. The van der Waals surface area contributed by atoms with E-state index in [0.717, 1.165) is 81.2 Å². The summed E-state index contributed by atoms with van der Waals surface area (Å²) < 4.78 is 15.7. The Hall–Kier alpha value is -2.77. The Morgan fingerprint density at radius 3 is 2.37 bits per heavy atom. The molecule has 2 saturated heterocycles. The minimum Gasteiger partial charge on any atom is -0.340 e. The summed E-state index contributed by atoms with van der Waals surface area (Å²) in [5, 5.41) is 0. The van der Waals surface area contributed by atoms with E-state index in [9.17, 15) is 9.18 Å². The van der Waals surface area contributed by atoms with E-state index in [0.29, 0.717) is 12.5 Å². The SMILES string of the molecule is CCCCN1CCN(C(=O)C2CCN(Cc3nc4ccccc4n3-c3ccc(F)cc3)CC2)CC1. The van der Waals surface area contributed by atoms with Crippen LogP contribution in [0.25, 0.3) is 16.7 Å². The molecular formula is C28H36FN5O. The quantitative estimate of drug-likeness (QED) is 0.508. The number of hydrogen-bond donors (Lipinski definition) is 0. The summed E-state index contributed by atoms with van der Waals surface area (Å²) in [7, 11) is 0. The van der Waals surface area contributed by atoms with Gasteiger partial charge >= 0.3 is 0 Å². The summed E-state index contributed by atoms with van der Waals surface area (Å²) in [4.78, 5) is 25.1. The lowest BCUT2D eigenvalue weighted by molar-refractivity contribution is -0.138. The van der Waals surface area contributed by atoms with Crippen LogP contribution in [0, 0.1) is 11.7 Å². The van der Waals surface area contributed by atoms with Crippen LogP contribution in [0.5, 0.6) is 0 Å². The number of fused-ring (bicyclic) bond motifs is 1. The number of para-hydroxylation sites is 2. The van der Waals surface area contributed by atoms with Gasteiger partial charge in [-0.05, 0) is 75.3 Å². The van der Waals surface area contributed by atoms with Gasteiger partial charge in [0.2, 0.25) is 5.91 Å². The molecule has 35 heavy (non-hydrogen) atoms. The number of rotatable bonds is 7. The Labute approximate surface area is 207 Å². The lowest BCUT2D eigenvalue weighted by Crippen LogP contribution is -2.51. The van der Waals surface area contributed by atoms with Crippen LogP contribution in [0.15, 0.2) is 48.5 Å². The number of carbonyl (C=O) groups excluding carboxylic acids is 1. The number of unbranched alkanes of at least 4 members (excludes halogenated alkanes) is 1. The van der Waals surface area contributed by atoms with E-state index < -0.39 is 0 Å². The molecule has 2 fully saturated rings. The number of likely N-dealkylation sites (tertiary alicyclic amines) is 1. The van der Waals surface area contributed by atoms with Gasteiger partial charge in [0.05, 0.1) is 17.6 Å². The number of piperazine rings is 1. The third-order valence-electron chi connectivity index (χ3n) is 7.53. The number of halogens is 1. The second-order valence-corrected chi connectivity index (χ2v) is 9.90. The molecule has 3 heterocycles. The summed E-state index contributed by atoms with van der Waals surface area (Å²) >= 11 is 0. The topological polar surface area (TPSA) is 44.6 Å². The first-order valence-corrected chi connectivity index (χ1v) is 13.1. The van der Waals surface area contributed by atoms with Crippen molar-refractivity contribution in [2.24, 2.45) is 5.92 Å². The number of aromatic nitrogens is 2. The normalized spacial score (nSPS) is 18.4. The molecule has 0 saturated carbocycles. The van der Waals surface area contributed by atoms with Crippen molar-refractivity contribution in [3.8, 4) is 5.69 Å². The van der Waals surface area contributed by atoms with E-state index in [4.69, 9.17) is 4.98 Å². The molecule has 186 valence electrons. The van der Waals surface area contributed by atoms with Gasteiger partial charge in [-0.3, -0.25) is 19.2 Å². The Balaban J connectivity index is 1.21. The lowest BCUT2D eigenvalue weighted by atomic mass is 9.95. The summed E-state index contributed by atoms with van der Waals surface area (Å²) in [5.41, 5.74) is 2.88. The molecule has 0 spiro atoms. The van der Waals surface area contributed by atoms with Crippen molar-refractivity contribution in [2.45, 2.75) is 39.2 Å². The average Bonchev–Trinajstić information content (AvgIpc) is 3.26. The fourth-order valence-corrected chi connectivity index (χ4v) is 5.43. The van der Waals surface area contributed by atoms with Crippen LogP contribution in [-0.2, 0) is 11.3 Å². The highest BCUT2D eigenvalue weighted by Crippen LogP contribution is 2.26. The Kier molecular flexibility index (Phi) is 7.44. The number of nitrogens with zero attached hydrogens (tertiary/aromatic N) is 5. The summed E-state index contributed by atoms with van der Waals surface area (Å²) in [6, 6.07) is 14.7. The molecule has 2 aromatic carbocycles. The first-order chi connectivity index (χ1) is 17.1. The van der Waals surface area contributed by atoms with Gasteiger partial charge in [-0.2, -0.15) is 0 Å². The van der Waals surface area contributed by atoms with Crippen LogP contribution in [0.3, 0.4) is 0 Å². The van der Waals surface area contributed by atoms with Gasteiger partial charge in [0.15, 0.2) is 0 Å². The van der Waals surface area contributed by atoms with Gasteiger partial charge in [-0.15, -0.1) is 0 Å². The molecule has 1 amide bonds. The smallest absolute Gasteiger partial charge is 0.225 e. The van der Waals surface area contributed by atoms with Gasteiger partial charge in [-0.25, -0.2) is 9.37 Å². The first-order valence-electron chi connectivity index (χ1n) is 13.1. The Morgan fingerprint density at radius 1 is 0.943 bits per heavy atom. The molecule has 7 heteroatoms. The molecule has 2 aliphatic heterocycles. The highest BCUT2D eigenvalue weighted by atomic mass is 19.1. The standard InChI is InChI=1S/C28H36FN5O/c1-2-3-14-31-17-19-33(20-18-31)28(35)22-12-15-32(16-13-22)21-27-30-25-6-4-5-7-26(25)34(27)24-10-8-23(29)9-11-24/h4-11,22H,2-3,12-21H2,1H3. The molecule has 0 N–H and O–H groups in total. The van der Waals surface area contributed by atoms with Crippen LogP contribution >= 0.6 is 0 Å². The molecule has 0 aliphatic carbocycles. The third-order valence-corrected chi connectivity index (χ3v) is 7.53. The van der Waals surface area contributed by atoms with Crippen LogP contribution in [0.1, 0.15) is 38.4 Å². The zero-order valence-electron chi connectivity index (χ0n) is 20.7. The fourth-order valence-electron chi connectivity index (χ4n) is 5.43. The van der Waals surface area contributed by atoms with E-state index in [1.54, 1.807) is 12.1 Å². The van der Waals surface area contributed by atoms with Crippen molar-refractivity contribution >= 4 is 16.9 Å². The number of carbonyl (C=O) groups is 1. The predicted molar refractivity (Wildman–Crippen MR) is 137 cm³/mol. The minimum atomic E-state index is -0.242. The van der Waals surface area contributed by atoms with E-state index in [1.807, 2.05) is 18.2 Å². The van der Waals surface area contributed by atoms with Crippen molar-refractivity contribution in [1.82, 2.24) is 24.3 Å². The van der Waals surface area contributed by atoms with Gasteiger partial charge in [0.25, 0.3) is 0 Å². The number of benzene rings is 2. The van der Waals surface area contributed by atoms with Gasteiger partial charge < -0.3 is 4.90 Å². The number of amides is 1. The number of piperidine rings is 1. The molecule has 0 unspecified atom stereocenters. The van der Waals surface area contributed by atoms with Gasteiger partial charge in [0, 0.05) is 37.8 Å². The highest BCUT2D eigenvalue weighted by molar-refractivity contribution is 5.79. The lowest BCUT2D eigenvalue weighted by Gasteiger charge is -2.38. The largest absolute Gasteiger partial charge is 0.340 e. The fraction of sp³-hybridized carbons (Fsp3) is 0.500. The van der Waals surface area contributed by atoms with E-state index >= 15 is 0 Å². The second kappa shape index (κ2) is 10.9. The average molecular weight is 478 g/mol. The van der Waals surface area contributed by atoms with E-state index in [1.165, 1.54) is 25.0 Å². The second-order valence-electron chi connectivity index (χ2n) is 9.90. The van der Waals surface area contributed by atoms with Crippen molar-refractivity contribution in [2.75, 3.05) is 45.8 Å². The summed E-state index contributed by atoms with van der Waals surface area (Å²) in [6.07, 6.45) is 4.25. The van der Waals surface area contributed by atoms with Crippen molar-refractivity contribution < 1.29 is 9.18 Å². The van der Waals surface area contributed by atoms with Crippen LogP contribution in [0.4, 0.5) is 4.39 Å². The predicted octanol–water partition coefficient (Wildman–Crippen LogP) is 4.32. The molecule has 2 aliphatic rings. The van der Waals surface area contributed by atoms with Gasteiger partial charge in [0.1, 0.15) is 11.6 Å². The molecule has 6 nitrogen and oxygen atoms in total. The maximum Gasteiger partial charge on any atom is 0.225 e. The molecule has 0 atom stereocenters. The molecule has 1 aromatic heterocycles. The molecule has 0 bridgehead atoms. The zero-order chi connectivity index (χ0) is 24.2. The number of imidazole rings is 1. The summed E-state index contributed by atoms with van der Waals surface area (Å²) in [5.74, 6) is 1.18. The monoisotopic (exact) mass is 477 g/mol. The first kappa shape index (κ1) is 23.9. The Bertz CT molecular complexity index is 1130. The minimum absolute atomic E-state index is 0.129. The van der Waals surface area contributed by atoms with Crippen LogP contribution in [-0.4, -0.2) is 76.0 Å². The van der Waals surface area contributed by atoms with Gasteiger partial charge in [-0.1, -0.05) is 25.5 Å². The summed E-state index contributed by atoms with van der Waals surface area (Å²) in [6.45, 7) is 9.61. The third kappa shape index (κ3) is 5.41. The van der Waals surface area contributed by atoms with Crippen LogP contribution in [0.2, 0.25) is 0 Å². The van der Waals surface area contributed by atoms with Crippen molar-refractivity contribution in [3.05, 3.63) is 60.2 Å². The number of hydrogen-bond acceptors (Lipinski definition) is 4. The maximum atomic E-state index is 13.6. The molecule has 0 radical (unpaired) electrons. The van der Waals surface area contributed by atoms with E-state index in [2.05, 4.69) is 32.3 Å². The van der Waals surface area contributed by atoms with E-state index in [-0.39, 0.29) is 11.7 Å².